The van der Waals surface area contributed by atoms with Crippen molar-refractivity contribution in [2.75, 3.05) is 16.0 Å². The van der Waals surface area contributed by atoms with Crippen molar-refractivity contribution in [1.82, 2.24) is 5.32 Å². The largest absolute Gasteiger partial charge is 0.343 e. The molecule has 2 atom stereocenters. The third kappa shape index (κ3) is 6.87. The van der Waals surface area contributed by atoms with Crippen LogP contribution in [0.25, 0.3) is 10.8 Å². The molecule has 0 spiro atoms. The van der Waals surface area contributed by atoms with Crippen LogP contribution in [0.3, 0.4) is 0 Å². The quantitative estimate of drug-likeness (QED) is 0.340. The van der Waals surface area contributed by atoms with Crippen LogP contribution >= 0.6 is 11.8 Å². The summed E-state index contributed by atoms with van der Waals surface area (Å²) in [5.41, 5.74) is 2.31. The van der Waals surface area contributed by atoms with Gasteiger partial charge in [0.15, 0.2) is 0 Å². The Morgan fingerprint density at radius 2 is 1.77 bits per heavy atom. The van der Waals surface area contributed by atoms with Crippen molar-refractivity contribution in [2.24, 2.45) is 5.92 Å². The zero-order chi connectivity index (χ0) is 27.9. The van der Waals surface area contributed by atoms with E-state index in [2.05, 4.69) is 10.6 Å². The van der Waals surface area contributed by atoms with Crippen LogP contribution in [-0.4, -0.2) is 35.3 Å². The summed E-state index contributed by atoms with van der Waals surface area (Å²) in [6.07, 6.45) is 1.76. The summed E-state index contributed by atoms with van der Waals surface area (Å²) in [6, 6.07) is 18.9. The number of anilines is 2. The van der Waals surface area contributed by atoms with Gasteiger partial charge in [0.25, 0.3) is 5.91 Å². The second-order valence-corrected chi connectivity index (χ2v) is 11.0. The lowest BCUT2D eigenvalue weighted by Crippen LogP contribution is -2.50. The molecule has 0 saturated heterocycles. The number of hydrogen-bond donors (Lipinski definition) is 2. The molecule has 8 heteroatoms. The van der Waals surface area contributed by atoms with E-state index in [4.69, 9.17) is 0 Å². The van der Waals surface area contributed by atoms with Gasteiger partial charge in [0, 0.05) is 24.5 Å². The lowest BCUT2D eigenvalue weighted by atomic mass is 10.0. The molecule has 0 fully saturated rings. The van der Waals surface area contributed by atoms with Gasteiger partial charge in [-0.3, -0.25) is 14.4 Å². The minimum atomic E-state index is -0.710. The molecular formula is C31H35N3O4S. The summed E-state index contributed by atoms with van der Waals surface area (Å²) < 4.78 is 0. The van der Waals surface area contributed by atoms with E-state index in [0.717, 1.165) is 21.2 Å². The molecule has 0 aliphatic carbocycles. The van der Waals surface area contributed by atoms with E-state index in [1.54, 1.807) is 4.90 Å². The number of ketones is 1. The summed E-state index contributed by atoms with van der Waals surface area (Å²) in [5.74, 6) is -0.313. The van der Waals surface area contributed by atoms with Crippen LogP contribution in [-0.2, 0) is 25.7 Å². The molecule has 1 heterocycles. The van der Waals surface area contributed by atoms with Crippen molar-refractivity contribution >= 4 is 57.4 Å². The maximum atomic E-state index is 14.0. The van der Waals surface area contributed by atoms with Crippen molar-refractivity contribution < 1.29 is 19.2 Å². The number of Topliss-reactive ketones (excluding diaryl/α,β-unsaturated/α-hetero) is 1. The predicted molar refractivity (Wildman–Crippen MR) is 157 cm³/mol. The molecule has 0 unspecified atom stereocenters. The molecule has 1 aliphatic rings. The summed E-state index contributed by atoms with van der Waals surface area (Å²) >= 11 is 1.45. The van der Waals surface area contributed by atoms with Gasteiger partial charge in [0.1, 0.15) is 11.8 Å². The molecule has 2 N–H and O–H groups in total. The van der Waals surface area contributed by atoms with Crippen LogP contribution in [0.1, 0.15) is 52.0 Å². The average molecular weight is 546 g/mol. The maximum Gasteiger partial charge on any atom is 0.250 e. The lowest BCUT2D eigenvalue weighted by molar-refractivity contribution is -0.129. The number of thioether (sulfide) groups is 1. The number of rotatable bonds is 10. The highest BCUT2D eigenvalue weighted by atomic mass is 32.2. The number of amides is 3. The zero-order valence-corrected chi connectivity index (χ0v) is 23.5. The van der Waals surface area contributed by atoms with Gasteiger partial charge in [0.05, 0.1) is 22.8 Å². The van der Waals surface area contributed by atoms with Crippen LogP contribution in [0.15, 0.2) is 65.6 Å². The van der Waals surface area contributed by atoms with E-state index in [-0.39, 0.29) is 35.8 Å². The van der Waals surface area contributed by atoms with Crippen molar-refractivity contribution in [1.29, 1.82) is 0 Å². The SMILES string of the molecule is CC[C@@H](C)C(=O)N[C@H]1CSc2c(NC(=O)CCCC(C)=O)cccc2N(Cc2cccc3ccccc23)C1=O. The molecular weight excluding hydrogens is 510 g/mol. The Morgan fingerprint density at radius 1 is 1.03 bits per heavy atom. The second kappa shape index (κ2) is 12.9. The standard InChI is InChI=1S/C31H35N3O4S/c1-4-20(2)30(37)33-26-19-39-29-25(32-28(36)17-7-10-21(3)35)15-9-16-27(29)34(31(26)38)18-23-13-8-12-22-11-5-6-14-24(22)23/h5-6,8-9,11-16,20,26H,4,7,10,17-19H2,1-3H3,(H,32,36)(H,33,37)/t20-,26+/m1/s1. The monoisotopic (exact) mass is 545 g/mol. The Hall–Kier alpha value is -3.65. The fraction of sp³-hybridized carbons (Fsp3) is 0.355. The molecule has 3 amide bonds. The third-order valence-electron chi connectivity index (χ3n) is 7.04. The van der Waals surface area contributed by atoms with E-state index >= 15 is 0 Å². The number of nitrogens with zero attached hydrogens (tertiary/aromatic N) is 1. The van der Waals surface area contributed by atoms with E-state index in [0.29, 0.717) is 42.9 Å². The minimum absolute atomic E-state index is 0.0556. The average Bonchev–Trinajstić information content (AvgIpc) is 3.05. The number of hydrogen-bond acceptors (Lipinski definition) is 5. The van der Waals surface area contributed by atoms with Crippen LogP contribution in [0.2, 0.25) is 0 Å². The van der Waals surface area contributed by atoms with Crippen LogP contribution in [0.5, 0.6) is 0 Å². The van der Waals surface area contributed by atoms with Gasteiger partial charge in [-0.25, -0.2) is 0 Å². The number of benzene rings is 3. The molecule has 0 aromatic heterocycles. The second-order valence-electron chi connectivity index (χ2n) is 10.0. The molecule has 3 aromatic carbocycles. The minimum Gasteiger partial charge on any atom is -0.343 e. The normalized spacial score (nSPS) is 15.8. The van der Waals surface area contributed by atoms with Crippen LogP contribution < -0.4 is 15.5 Å². The fourth-order valence-electron chi connectivity index (χ4n) is 4.61. The first-order chi connectivity index (χ1) is 18.8. The summed E-state index contributed by atoms with van der Waals surface area (Å²) in [7, 11) is 0. The molecule has 1 aliphatic heterocycles. The Balaban J connectivity index is 1.69. The highest BCUT2D eigenvalue weighted by molar-refractivity contribution is 7.99. The molecule has 0 radical (unpaired) electrons. The zero-order valence-electron chi connectivity index (χ0n) is 22.7. The van der Waals surface area contributed by atoms with Gasteiger partial charge < -0.3 is 20.3 Å². The molecule has 0 saturated carbocycles. The van der Waals surface area contributed by atoms with Gasteiger partial charge in [-0.1, -0.05) is 62.4 Å². The van der Waals surface area contributed by atoms with Gasteiger partial charge in [-0.05, 0) is 48.2 Å². The number of carbonyl (C=O) groups excluding carboxylic acids is 4. The molecule has 3 aromatic rings. The topological polar surface area (TPSA) is 95.6 Å². The van der Waals surface area contributed by atoms with Crippen molar-refractivity contribution in [3.05, 3.63) is 66.2 Å². The smallest absolute Gasteiger partial charge is 0.250 e. The van der Waals surface area contributed by atoms with E-state index in [1.165, 1.54) is 18.7 Å². The predicted octanol–water partition coefficient (Wildman–Crippen LogP) is 5.71. The summed E-state index contributed by atoms with van der Waals surface area (Å²) in [4.78, 5) is 53.3. The Morgan fingerprint density at radius 3 is 2.54 bits per heavy atom. The first kappa shape index (κ1) is 28.4. The van der Waals surface area contributed by atoms with Gasteiger partial charge >= 0.3 is 0 Å². The molecule has 7 nitrogen and oxygen atoms in total. The highest BCUT2D eigenvalue weighted by Gasteiger charge is 2.34. The molecule has 4 rings (SSSR count). The van der Waals surface area contributed by atoms with Crippen LogP contribution in [0.4, 0.5) is 11.4 Å². The number of fused-ring (bicyclic) bond motifs is 2. The van der Waals surface area contributed by atoms with Crippen LogP contribution in [0, 0.1) is 5.92 Å². The van der Waals surface area contributed by atoms with E-state index in [1.807, 2.05) is 74.5 Å². The highest BCUT2D eigenvalue weighted by Crippen LogP contribution is 2.41. The summed E-state index contributed by atoms with van der Waals surface area (Å²) in [6.45, 7) is 5.64. The van der Waals surface area contributed by atoms with E-state index in [9.17, 15) is 19.2 Å². The molecule has 204 valence electrons. The van der Waals surface area contributed by atoms with Gasteiger partial charge in [0.2, 0.25) is 11.8 Å². The van der Waals surface area contributed by atoms with Crippen molar-refractivity contribution in [3.63, 3.8) is 0 Å². The molecule has 0 bridgehead atoms. The van der Waals surface area contributed by atoms with E-state index < -0.39 is 6.04 Å². The first-order valence-electron chi connectivity index (χ1n) is 13.4. The van der Waals surface area contributed by atoms with Crippen molar-refractivity contribution in [3.8, 4) is 0 Å². The summed E-state index contributed by atoms with van der Waals surface area (Å²) in [5, 5.41) is 8.10. The first-order valence-corrected chi connectivity index (χ1v) is 14.4. The third-order valence-corrected chi connectivity index (χ3v) is 8.25. The molecule has 39 heavy (non-hydrogen) atoms. The number of nitrogens with one attached hydrogen (secondary N) is 2. The fourth-order valence-corrected chi connectivity index (χ4v) is 5.77. The lowest BCUT2D eigenvalue weighted by Gasteiger charge is -2.27. The van der Waals surface area contributed by atoms with Gasteiger partial charge in [-0.15, -0.1) is 11.8 Å². The maximum absolute atomic E-state index is 14.0. The number of carbonyl (C=O) groups is 4. The Labute approximate surface area is 233 Å². The Bertz CT molecular complexity index is 1380. The Kier molecular flexibility index (Phi) is 9.41. The van der Waals surface area contributed by atoms with Gasteiger partial charge in [-0.2, -0.15) is 0 Å². The van der Waals surface area contributed by atoms with Crippen molar-refractivity contribution in [2.45, 2.75) is 63.9 Å².